The van der Waals surface area contributed by atoms with Gasteiger partial charge in [-0.15, -0.1) is 0 Å². The summed E-state index contributed by atoms with van der Waals surface area (Å²) >= 11 is 0. The van der Waals surface area contributed by atoms with Gasteiger partial charge in [0.1, 0.15) is 5.56 Å². The summed E-state index contributed by atoms with van der Waals surface area (Å²) in [6, 6.07) is 13.7. The van der Waals surface area contributed by atoms with Gasteiger partial charge in [-0.25, -0.2) is 4.98 Å². The van der Waals surface area contributed by atoms with Crippen LogP contribution in [-0.2, 0) is 16.1 Å². The molecule has 1 aromatic heterocycles. The number of rotatable bonds is 8. The molecule has 1 amide bonds. The molecule has 2 N–H and O–H groups in total. The number of hydrogen-bond donors (Lipinski definition) is 2. The molecule has 0 fully saturated rings. The fraction of sp³-hybridized carbons (Fsp3) is 0.227. The van der Waals surface area contributed by atoms with Gasteiger partial charge in [0.25, 0.3) is 11.5 Å². The molecule has 1 heterocycles. The number of hydrogen-bond acceptors (Lipinski definition) is 6. The first-order chi connectivity index (χ1) is 14.5. The van der Waals surface area contributed by atoms with Crippen molar-refractivity contribution in [2.24, 2.45) is 0 Å². The Morgan fingerprint density at radius 2 is 1.83 bits per heavy atom. The van der Waals surface area contributed by atoms with Gasteiger partial charge in [-0.3, -0.25) is 19.2 Å². The largest absolute Gasteiger partial charge is 0.466 e. The van der Waals surface area contributed by atoms with Gasteiger partial charge >= 0.3 is 5.97 Å². The second kappa shape index (κ2) is 9.60. The van der Waals surface area contributed by atoms with Crippen molar-refractivity contribution in [3.8, 4) is 0 Å². The first kappa shape index (κ1) is 20.9. The van der Waals surface area contributed by atoms with E-state index in [-0.39, 0.29) is 37.4 Å². The highest BCUT2D eigenvalue weighted by molar-refractivity contribution is 5.96. The Hall–Kier alpha value is -3.81. The van der Waals surface area contributed by atoms with Crippen molar-refractivity contribution in [2.45, 2.75) is 26.3 Å². The lowest BCUT2D eigenvalue weighted by molar-refractivity contribution is -0.143. The van der Waals surface area contributed by atoms with Crippen LogP contribution in [0.5, 0.6) is 0 Å². The molecule has 0 aliphatic heterocycles. The van der Waals surface area contributed by atoms with Crippen molar-refractivity contribution in [1.29, 1.82) is 0 Å². The maximum Gasteiger partial charge on any atom is 0.306 e. The molecule has 0 bridgehead atoms. The monoisotopic (exact) mass is 407 g/mol. The fourth-order valence-corrected chi connectivity index (χ4v) is 2.89. The highest BCUT2D eigenvalue weighted by atomic mass is 16.5. The Bertz CT molecular complexity index is 1150. The van der Waals surface area contributed by atoms with Crippen molar-refractivity contribution >= 4 is 28.4 Å². The van der Waals surface area contributed by atoms with E-state index in [4.69, 9.17) is 4.74 Å². The van der Waals surface area contributed by atoms with E-state index in [0.29, 0.717) is 0 Å². The molecule has 0 spiro atoms. The van der Waals surface area contributed by atoms with E-state index in [1.54, 1.807) is 6.92 Å². The number of H-pyrrole nitrogens is 1. The third kappa shape index (κ3) is 5.16. The summed E-state index contributed by atoms with van der Waals surface area (Å²) in [7, 11) is 0. The number of aromatic amines is 1. The van der Waals surface area contributed by atoms with Crippen molar-refractivity contribution in [3.63, 3.8) is 0 Å². The average Bonchev–Trinajstić information content (AvgIpc) is 2.75. The molecule has 0 unspecified atom stereocenters. The van der Waals surface area contributed by atoms with Crippen LogP contribution in [0.15, 0.2) is 53.5 Å². The number of carbonyl (C=O) groups is 3. The van der Waals surface area contributed by atoms with Crippen LogP contribution in [-0.4, -0.2) is 34.2 Å². The summed E-state index contributed by atoms with van der Waals surface area (Å²) in [5, 5.41) is 4.82. The van der Waals surface area contributed by atoms with Gasteiger partial charge in [0.15, 0.2) is 11.6 Å². The highest BCUT2D eigenvalue weighted by Crippen LogP contribution is 2.15. The molecule has 0 saturated carbocycles. The molecule has 3 rings (SSSR count). The standard InChI is InChI=1S/C22H21N3O5/c1-2-30-19(27)10-9-18(26)20-23-13-17(22(29)25-20)21(28)24-12-14-7-8-15-5-3-4-6-16(15)11-14/h3-8,11,13H,2,9-10,12H2,1H3,(H,24,28)(H,23,25,29). The fourth-order valence-electron chi connectivity index (χ4n) is 2.89. The van der Waals surface area contributed by atoms with Crippen LogP contribution >= 0.6 is 0 Å². The zero-order valence-electron chi connectivity index (χ0n) is 16.4. The third-order valence-electron chi connectivity index (χ3n) is 4.44. The minimum Gasteiger partial charge on any atom is -0.466 e. The lowest BCUT2D eigenvalue weighted by Crippen LogP contribution is -2.30. The minimum atomic E-state index is -0.722. The Morgan fingerprint density at radius 3 is 2.57 bits per heavy atom. The number of nitrogens with one attached hydrogen (secondary N) is 2. The number of benzene rings is 2. The van der Waals surface area contributed by atoms with Gasteiger partial charge in [-0.2, -0.15) is 0 Å². The molecule has 8 nitrogen and oxygen atoms in total. The molecular formula is C22H21N3O5. The number of aromatic nitrogens is 2. The van der Waals surface area contributed by atoms with Crippen LogP contribution in [0.25, 0.3) is 10.8 Å². The van der Waals surface area contributed by atoms with Crippen LogP contribution in [0.2, 0.25) is 0 Å². The number of ether oxygens (including phenoxy) is 1. The number of amides is 1. The summed E-state index contributed by atoms with van der Waals surface area (Å²) in [5.74, 6) is -1.81. The molecular weight excluding hydrogens is 386 g/mol. The van der Waals surface area contributed by atoms with E-state index in [1.807, 2.05) is 42.5 Å². The molecule has 8 heteroatoms. The molecule has 0 aliphatic rings. The average molecular weight is 407 g/mol. The number of nitrogens with zero attached hydrogens (tertiary/aromatic N) is 1. The van der Waals surface area contributed by atoms with E-state index in [2.05, 4.69) is 15.3 Å². The number of Topliss-reactive ketones (excluding diaryl/α,β-unsaturated/α-hetero) is 1. The second-order valence-corrected chi connectivity index (χ2v) is 6.57. The molecule has 0 aliphatic carbocycles. The number of carbonyl (C=O) groups excluding carboxylic acids is 3. The predicted molar refractivity (Wildman–Crippen MR) is 110 cm³/mol. The molecule has 0 atom stereocenters. The zero-order valence-corrected chi connectivity index (χ0v) is 16.4. The quantitative estimate of drug-likeness (QED) is 0.437. The Kier molecular flexibility index (Phi) is 6.69. The van der Waals surface area contributed by atoms with Gasteiger partial charge in [-0.05, 0) is 29.3 Å². The Balaban J connectivity index is 1.62. The van der Waals surface area contributed by atoms with E-state index in [9.17, 15) is 19.2 Å². The topological polar surface area (TPSA) is 118 Å². The minimum absolute atomic E-state index is 0.107. The van der Waals surface area contributed by atoms with Gasteiger partial charge in [-0.1, -0.05) is 36.4 Å². The summed E-state index contributed by atoms with van der Waals surface area (Å²) in [5.41, 5.74) is -0.0320. The van der Waals surface area contributed by atoms with Crippen LogP contribution in [0, 0.1) is 0 Å². The van der Waals surface area contributed by atoms with Crippen LogP contribution in [0.3, 0.4) is 0 Å². The van der Waals surface area contributed by atoms with E-state index in [1.165, 1.54) is 0 Å². The summed E-state index contributed by atoms with van der Waals surface area (Å²) in [6.07, 6.45) is 0.811. The van der Waals surface area contributed by atoms with Crippen molar-refractivity contribution in [1.82, 2.24) is 15.3 Å². The van der Waals surface area contributed by atoms with Crippen molar-refractivity contribution < 1.29 is 19.1 Å². The number of esters is 1. The van der Waals surface area contributed by atoms with Gasteiger partial charge in [0.05, 0.1) is 13.0 Å². The van der Waals surface area contributed by atoms with E-state index in [0.717, 1.165) is 22.5 Å². The summed E-state index contributed by atoms with van der Waals surface area (Å²) in [4.78, 5) is 54.1. The van der Waals surface area contributed by atoms with Crippen LogP contribution in [0.4, 0.5) is 0 Å². The maximum atomic E-state index is 12.4. The molecule has 0 radical (unpaired) electrons. The van der Waals surface area contributed by atoms with E-state index < -0.39 is 23.2 Å². The normalized spacial score (nSPS) is 10.6. The maximum absolute atomic E-state index is 12.4. The number of ketones is 1. The first-order valence-corrected chi connectivity index (χ1v) is 9.52. The lowest BCUT2D eigenvalue weighted by Gasteiger charge is -2.07. The summed E-state index contributed by atoms with van der Waals surface area (Å²) in [6.45, 7) is 2.14. The lowest BCUT2D eigenvalue weighted by atomic mass is 10.1. The smallest absolute Gasteiger partial charge is 0.306 e. The van der Waals surface area contributed by atoms with Gasteiger partial charge in [0.2, 0.25) is 0 Å². The van der Waals surface area contributed by atoms with Crippen LogP contribution in [0.1, 0.15) is 46.3 Å². The van der Waals surface area contributed by atoms with Crippen LogP contribution < -0.4 is 10.9 Å². The highest BCUT2D eigenvalue weighted by Gasteiger charge is 2.16. The molecule has 30 heavy (non-hydrogen) atoms. The molecule has 154 valence electrons. The van der Waals surface area contributed by atoms with Crippen molar-refractivity contribution in [2.75, 3.05) is 6.61 Å². The van der Waals surface area contributed by atoms with Crippen molar-refractivity contribution in [3.05, 3.63) is 76.0 Å². The zero-order chi connectivity index (χ0) is 21.5. The second-order valence-electron chi connectivity index (χ2n) is 6.57. The number of fused-ring (bicyclic) bond motifs is 1. The first-order valence-electron chi connectivity index (χ1n) is 9.52. The molecule has 3 aromatic rings. The molecule has 2 aromatic carbocycles. The van der Waals surface area contributed by atoms with Gasteiger partial charge in [0, 0.05) is 19.2 Å². The third-order valence-corrected chi connectivity index (χ3v) is 4.44. The predicted octanol–water partition coefficient (Wildman–Crippen LogP) is 2.38. The van der Waals surface area contributed by atoms with Gasteiger partial charge < -0.3 is 15.0 Å². The SMILES string of the molecule is CCOC(=O)CCC(=O)c1ncc(C(=O)NCc2ccc3ccccc3c2)c(=O)[nH]1. The molecule has 0 saturated heterocycles. The Morgan fingerprint density at radius 1 is 1.07 bits per heavy atom. The summed E-state index contributed by atoms with van der Waals surface area (Å²) < 4.78 is 4.75. The Labute approximate surface area is 172 Å². The van der Waals surface area contributed by atoms with E-state index >= 15 is 0 Å².